The molecule has 0 amide bonds. The maximum Gasteiger partial charge on any atom is 0.357 e. The van der Waals surface area contributed by atoms with Gasteiger partial charge in [0.1, 0.15) is 9.90 Å². The fourth-order valence-electron chi connectivity index (χ4n) is 1.29. The number of aryl methyl sites for hydroxylation is 1. The summed E-state index contributed by atoms with van der Waals surface area (Å²) in [6.45, 7) is 1.42. The molecule has 0 aliphatic carbocycles. The lowest BCUT2D eigenvalue weighted by Gasteiger charge is -2.04. The zero-order valence-corrected chi connectivity index (χ0v) is 10.5. The Balaban J connectivity index is 2.47. The second kappa shape index (κ2) is 4.34. The summed E-state index contributed by atoms with van der Waals surface area (Å²) in [4.78, 5) is 10.5. The Morgan fingerprint density at radius 3 is 2.83 bits per heavy atom. The van der Waals surface area contributed by atoms with Gasteiger partial charge in [-0.05, 0) is 6.92 Å². The van der Waals surface area contributed by atoms with Crippen LogP contribution >= 0.6 is 11.5 Å². The van der Waals surface area contributed by atoms with Crippen molar-refractivity contribution >= 4 is 32.5 Å². The second-order valence-corrected chi connectivity index (χ2v) is 5.62. The predicted octanol–water partition coefficient (Wildman–Crippen LogP) is 0.0686. The first kappa shape index (κ1) is 12.4. The Morgan fingerprint density at radius 2 is 2.28 bits per heavy atom. The van der Waals surface area contributed by atoms with Crippen LogP contribution in [-0.2, 0) is 10.0 Å². The fourth-order valence-corrected chi connectivity index (χ4v) is 3.30. The summed E-state index contributed by atoms with van der Waals surface area (Å²) in [7, 11) is -4.04. The Hall–Kier alpha value is -2.01. The third-order valence-corrected chi connectivity index (χ3v) is 4.19. The second-order valence-electron chi connectivity index (χ2n) is 3.22. The molecule has 0 unspecified atom stereocenters. The van der Waals surface area contributed by atoms with Gasteiger partial charge >= 0.3 is 5.97 Å². The van der Waals surface area contributed by atoms with E-state index in [0.29, 0.717) is 0 Å². The molecule has 0 fully saturated rings. The van der Waals surface area contributed by atoms with Crippen molar-refractivity contribution in [3.05, 3.63) is 17.6 Å². The Kier molecular flexibility index (Phi) is 3.00. The average molecular weight is 289 g/mol. The van der Waals surface area contributed by atoms with E-state index in [2.05, 4.69) is 24.5 Å². The summed E-state index contributed by atoms with van der Waals surface area (Å²) < 4.78 is 29.7. The standard InChI is InChI=1S/C7H7N5O4S2/c1-3-6(5(7(13)14)10-9-3)18(15,16)11-4-2-8-12-17-4/h2,11H,1H3,(H,9,10)(H,13,14). The SMILES string of the molecule is Cc1[nH]nc(C(=O)O)c1S(=O)(=O)Nc1cnns1. The number of carboxylic acid groups (broad SMARTS) is 1. The molecule has 0 spiro atoms. The molecule has 96 valence electrons. The molecule has 0 atom stereocenters. The zero-order valence-electron chi connectivity index (χ0n) is 8.91. The molecule has 0 aliphatic rings. The van der Waals surface area contributed by atoms with Gasteiger partial charge in [0.05, 0.1) is 11.9 Å². The fraction of sp³-hybridized carbons (Fsp3) is 0.143. The van der Waals surface area contributed by atoms with Crippen LogP contribution in [0.25, 0.3) is 0 Å². The number of nitrogens with one attached hydrogen (secondary N) is 2. The van der Waals surface area contributed by atoms with Crippen molar-refractivity contribution in [3.63, 3.8) is 0 Å². The molecule has 9 nitrogen and oxygen atoms in total. The molecule has 2 rings (SSSR count). The van der Waals surface area contributed by atoms with Crippen LogP contribution in [-0.4, -0.2) is 39.3 Å². The summed E-state index contributed by atoms with van der Waals surface area (Å²) in [5, 5.41) is 18.3. The summed E-state index contributed by atoms with van der Waals surface area (Å²) in [6, 6.07) is 0. The van der Waals surface area contributed by atoms with Gasteiger partial charge in [-0.15, -0.1) is 5.10 Å². The molecule has 2 heterocycles. The maximum atomic E-state index is 12.0. The van der Waals surface area contributed by atoms with Gasteiger partial charge in [-0.3, -0.25) is 9.82 Å². The van der Waals surface area contributed by atoms with E-state index in [1.165, 1.54) is 13.1 Å². The van der Waals surface area contributed by atoms with Crippen molar-refractivity contribution in [1.29, 1.82) is 0 Å². The smallest absolute Gasteiger partial charge is 0.357 e. The molecule has 0 aliphatic heterocycles. The number of carbonyl (C=O) groups is 1. The molecule has 3 N–H and O–H groups in total. The molecular formula is C7H7N5O4S2. The van der Waals surface area contributed by atoms with Crippen molar-refractivity contribution in [1.82, 2.24) is 19.8 Å². The van der Waals surface area contributed by atoms with Crippen LogP contribution in [0.15, 0.2) is 11.1 Å². The number of carboxylic acids is 1. The quantitative estimate of drug-likeness (QED) is 0.723. The molecule has 18 heavy (non-hydrogen) atoms. The minimum Gasteiger partial charge on any atom is -0.476 e. The van der Waals surface area contributed by atoms with E-state index < -0.39 is 26.6 Å². The van der Waals surface area contributed by atoms with E-state index in [4.69, 9.17) is 5.11 Å². The predicted molar refractivity (Wildman–Crippen MR) is 61.0 cm³/mol. The minimum atomic E-state index is -4.04. The maximum absolute atomic E-state index is 12.0. The Labute approximate surface area is 105 Å². The first-order chi connectivity index (χ1) is 8.42. The van der Waals surface area contributed by atoms with Crippen molar-refractivity contribution in [3.8, 4) is 0 Å². The van der Waals surface area contributed by atoms with Crippen molar-refractivity contribution < 1.29 is 18.3 Å². The summed E-state index contributed by atoms with van der Waals surface area (Å²) in [5.41, 5.74) is -0.421. The lowest BCUT2D eigenvalue weighted by atomic mass is 10.4. The lowest BCUT2D eigenvalue weighted by molar-refractivity contribution is 0.0686. The number of sulfonamides is 1. The average Bonchev–Trinajstić information content (AvgIpc) is 2.86. The highest BCUT2D eigenvalue weighted by Crippen LogP contribution is 2.22. The Morgan fingerprint density at radius 1 is 1.56 bits per heavy atom. The first-order valence-corrected chi connectivity index (χ1v) is 6.76. The number of anilines is 1. The van der Waals surface area contributed by atoms with Crippen LogP contribution < -0.4 is 4.72 Å². The molecule has 0 aromatic carbocycles. The number of aromatic amines is 1. The van der Waals surface area contributed by atoms with Gasteiger partial charge in [0.15, 0.2) is 5.69 Å². The van der Waals surface area contributed by atoms with Crippen molar-refractivity contribution in [2.75, 3.05) is 4.72 Å². The van der Waals surface area contributed by atoms with Gasteiger partial charge in [-0.25, -0.2) is 13.2 Å². The monoisotopic (exact) mass is 289 g/mol. The normalized spacial score (nSPS) is 11.4. The molecular weight excluding hydrogens is 282 g/mol. The van der Waals surface area contributed by atoms with Gasteiger partial charge in [0.2, 0.25) is 0 Å². The van der Waals surface area contributed by atoms with Crippen LogP contribution in [0.1, 0.15) is 16.2 Å². The summed E-state index contributed by atoms with van der Waals surface area (Å²) in [6.07, 6.45) is 1.22. The molecule has 2 aromatic rings. The van der Waals surface area contributed by atoms with E-state index in [1.807, 2.05) is 0 Å². The van der Waals surface area contributed by atoms with Crippen molar-refractivity contribution in [2.24, 2.45) is 0 Å². The molecule has 0 radical (unpaired) electrons. The van der Waals surface area contributed by atoms with Crippen molar-refractivity contribution in [2.45, 2.75) is 11.8 Å². The highest BCUT2D eigenvalue weighted by Gasteiger charge is 2.28. The summed E-state index contributed by atoms with van der Waals surface area (Å²) >= 11 is 0.838. The molecule has 11 heteroatoms. The Bertz CT molecular complexity index is 675. The third-order valence-electron chi connectivity index (χ3n) is 1.96. The van der Waals surface area contributed by atoms with Gasteiger partial charge < -0.3 is 5.11 Å². The first-order valence-electron chi connectivity index (χ1n) is 4.50. The van der Waals surface area contributed by atoms with E-state index >= 15 is 0 Å². The van der Waals surface area contributed by atoms with Gasteiger partial charge in [0, 0.05) is 11.5 Å². The largest absolute Gasteiger partial charge is 0.476 e. The van der Waals surface area contributed by atoms with Gasteiger partial charge in [-0.2, -0.15) is 5.10 Å². The lowest BCUT2D eigenvalue weighted by Crippen LogP contribution is -2.16. The van der Waals surface area contributed by atoms with Crippen LogP contribution in [0.5, 0.6) is 0 Å². The van der Waals surface area contributed by atoms with E-state index in [-0.39, 0.29) is 10.7 Å². The van der Waals surface area contributed by atoms with E-state index in [0.717, 1.165) is 11.5 Å². The molecule has 0 saturated carbocycles. The number of hydrogen-bond donors (Lipinski definition) is 3. The number of H-pyrrole nitrogens is 1. The number of rotatable bonds is 4. The van der Waals surface area contributed by atoms with Gasteiger partial charge in [-0.1, -0.05) is 4.49 Å². The number of nitrogens with zero attached hydrogens (tertiary/aromatic N) is 3. The highest BCUT2D eigenvalue weighted by atomic mass is 32.2. The minimum absolute atomic E-state index is 0.136. The number of aromatic nitrogens is 4. The van der Waals surface area contributed by atoms with Crippen LogP contribution in [0.3, 0.4) is 0 Å². The van der Waals surface area contributed by atoms with Crippen LogP contribution in [0, 0.1) is 6.92 Å². The third kappa shape index (κ3) is 2.17. The molecule has 0 bridgehead atoms. The topological polar surface area (TPSA) is 138 Å². The molecule has 2 aromatic heterocycles. The van der Waals surface area contributed by atoms with Gasteiger partial charge in [0.25, 0.3) is 10.0 Å². The summed E-state index contributed by atoms with van der Waals surface area (Å²) in [5.74, 6) is -1.43. The zero-order chi connectivity index (χ0) is 13.3. The van der Waals surface area contributed by atoms with Crippen LogP contribution in [0.2, 0.25) is 0 Å². The molecule has 0 saturated heterocycles. The highest BCUT2D eigenvalue weighted by molar-refractivity contribution is 7.93. The van der Waals surface area contributed by atoms with E-state index in [9.17, 15) is 13.2 Å². The number of aromatic carboxylic acids is 1. The van der Waals surface area contributed by atoms with E-state index in [1.54, 1.807) is 0 Å². The number of hydrogen-bond acceptors (Lipinski definition) is 7. The van der Waals surface area contributed by atoms with Crippen LogP contribution in [0.4, 0.5) is 5.00 Å².